The number of hydrogen-bond acceptors (Lipinski definition) is 3. The van der Waals surface area contributed by atoms with Gasteiger partial charge in [-0.2, -0.15) is 0 Å². The average molecular weight is 420 g/mol. The van der Waals surface area contributed by atoms with Crippen LogP contribution in [0.2, 0.25) is 5.02 Å². The van der Waals surface area contributed by atoms with Gasteiger partial charge in [-0.3, -0.25) is 0 Å². The molecule has 0 bridgehead atoms. The molecule has 0 saturated carbocycles. The van der Waals surface area contributed by atoms with Crippen LogP contribution in [0.3, 0.4) is 0 Å². The smallest absolute Gasteiger partial charge is 0.174 e. The number of nitrogens with zero attached hydrogens (tertiary/aromatic N) is 1. The topological polar surface area (TPSA) is 15.3 Å². The first-order valence-electron chi connectivity index (χ1n) is 6.33. The molecule has 0 radical (unpaired) electrons. The van der Waals surface area contributed by atoms with Crippen LogP contribution in [0.15, 0.2) is 40.2 Å². The minimum Gasteiger partial charge on any atom is -0.333 e. The lowest BCUT2D eigenvalue weighted by Gasteiger charge is -2.26. The Balaban J connectivity index is 1.72. The van der Waals surface area contributed by atoms with Crippen LogP contribution in [-0.2, 0) is 0 Å². The van der Waals surface area contributed by atoms with Crippen LogP contribution in [0.5, 0.6) is 0 Å². The van der Waals surface area contributed by atoms with E-state index in [1.807, 2.05) is 36.0 Å². The first-order valence-corrected chi connectivity index (χ1v) is 9.78. The van der Waals surface area contributed by atoms with E-state index in [4.69, 9.17) is 23.8 Å². The van der Waals surface area contributed by atoms with Crippen LogP contribution in [0.1, 0.15) is 10.3 Å². The molecule has 0 spiro atoms. The van der Waals surface area contributed by atoms with Crippen LogP contribution >= 0.6 is 62.8 Å². The highest BCUT2D eigenvalue weighted by atomic mass is 79.9. The van der Waals surface area contributed by atoms with Gasteiger partial charge in [0, 0.05) is 27.9 Å². The molecule has 0 aliphatic carbocycles. The summed E-state index contributed by atoms with van der Waals surface area (Å²) in [6.45, 7) is 0.963. The summed E-state index contributed by atoms with van der Waals surface area (Å²) in [5.74, 6) is 1.09. The van der Waals surface area contributed by atoms with E-state index in [-0.39, 0.29) is 0 Å². The van der Waals surface area contributed by atoms with Gasteiger partial charge in [-0.25, -0.2) is 0 Å². The Kier molecular flexibility index (Phi) is 5.11. The molecule has 7 heteroatoms. The maximum absolute atomic E-state index is 5.90. The Hall–Kier alpha value is -0.270. The normalized spacial score (nSPS) is 18.0. The second-order valence-electron chi connectivity index (χ2n) is 4.50. The van der Waals surface area contributed by atoms with Crippen molar-refractivity contribution in [1.29, 1.82) is 0 Å². The molecule has 1 unspecified atom stereocenters. The molecule has 1 fully saturated rings. The Morgan fingerprint density at radius 1 is 1.29 bits per heavy atom. The van der Waals surface area contributed by atoms with Gasteiger partial charge in [0.1, 0.15) is 5.37 Å². The lowest BCUT2D eigenvalue weighted by atomic mass is 10.3. The largest absolute Gasteiger partial charge is 0.333 e. The summed E-state index contributed by atoms with van der Waals surface area (Å²) in [5.41, 5.74) is 0.965. The van der Waals surface area contributed by atoms with Gasteiger partial charge in [0.25, 0.3) is 0 Å². The molecule has 1 aromatic heterocycles. The van der Waals surface area contributed by atoms with Crippen molar-refractivity contribution in [2.45, 2.75) is 5.37 Å². The van der Waals surface area contributed by atoms with E-state index in [1.54, 1.807) is 11.3 Å². The van der Waals surface area contributed by atoms with E-state index in [9.17, 15) is 0 Å². The molecule has 3 rings (SSSR count). The summed E-state index contributed by atoms with van der Waals surface area (Å²) in [6.07, 6.45) is 0. The molecule has 2 heterocycles. The minimum absolute atomic E-state index is 0.300. The van der Waals surface area contributed by atoms with E-state index in [0.717, 1.165) is 31.9 Å². The zero-order valence-electron chi connectivity index (χ0n) is 10.9. The van der Waals surface area contributed by atoms with Gasteiger partial charge >= 0.3 is 0 Å². The van der Waals surface area contributed by atoms with Gasteiger partial charge in [-0.05, 0) is 64.5 Å². The highest BCUT2D eigenvalue weighted by Gasteiger charge is 2.29. The van der Waals surface area contributed by atoms with Crippen LogP contribution in [0.25, 0.3) is 0 Å². The van der Waals surface area contributed by atoms with Crippen molar-refractivity contribution in [3.8, 4) is 0 Å². The third-order valence-corrected chi connectivity index (χ3v) is 6.74. The van der Waals surface area contributed by atoms with Crippen LogP contribution in [-0.4, -0.2) is 22.3 Å². The van der Waals surface area contributed by atoms with Crippen molar-refractivity contribution in [2.24, 2.45) is 0 Å². The molecule has 1 saturated heterocycles. The van der Waals surface area contributed by atoms with Gasteiger partial charge in [0.2, 0.25) is 0 Å². The van der Waals surface area contributed by atoms with Crippen molar-refractivity contribution >= 4 is 73.6 Å². The average Bonchev–Trinajstić information content (AvgIpc) is 3.09. The summed E-state index contributed by atoms with van der Waals surface area (Å²) in [5, 5.41) is 5.08. The van der Waals surface area contributed by atoms with Crippen LogP contribution in [0.4, 0.5) is 5.69 Å². The summed E-state index contributed by atoms with van der Waals surface area (Å²) in [7, 11) is 0. The van der Waals surface area contributed by atoms with E-state index < -0.39 is 0 Å². The van der Waals surface area contributed by atoms with E-state index in [1.165, 1.54) is 4.88 Å². The minimum atomic E-state index is 0.300. The molecule has 1 aliphatic rings. The molecule has 0 amide bonds. The monoisotopic (exact) mass is 418 g/mol. The maximum atomic E-state index is 5.90. The summed E-state index contributed by atoms with van der Waals surface area (Å²) >= 11 is 18.7. The Labute approximate surface area is 151 Å². The second kappa shape index (κ2) is 6.87. The van der Waals surface area contributed by atoms with Crippen molar-refractivity contribution in [3.63, 3.8) is 0 Å². The van der Waals surface area contributed by atoms with E-state index in [2.05, 4.69) is 38.3 Å². The van der Waals surface area contributed by atoms with Crippen molar-refractivity contribution in [2.75, 3.05) is 17.6 Å². The predicted octanol–water partition coefficient (Wildman–Crippen LogP) is 5.61. The first-order chi connectivity index (χ1) is 10.1. The zero-order chi connectivity index (χ0) is 14.8. The molecule has 21 heavy (non-hydrogen) atoms. The van der Waals surface area contributed by atoms with Gasteiger partial charge in [-0.15, -0.1) is 23.1 Å². The number of halogens is 2. The number of thiocarbonyl (C=S) groups is 1. The van der Waals surface area contributed by atoms with Gasteiger partial charge in [-0.1, -0.05) is 11.6 Å². The number of thiophene rings is 1. The summed E-state index contributed by atoms with van der Waals surface area (Å²) in [4.78, 5) is 3.57. The van der Waals surface area contributed by atoms with E-state index in [0.29, 0.717) is 5.37 Å². The highest BCUT2D eigenvalue weighted by Crippen LogP contribution is 2.42. The third-order valence-electron chi connectivity index (χ3n) is 3.08. The molecule has 2 nitrogen and oxygen atoms in total. The number of hydrogen-bond donors (Lipinski definition) is 1. The van der Waals surface area contributed by atoms with Crippen LogP contribution < -0.4 is 5.32 Å². The van der Waals surface area contributed by atoms with Crippen molar-refractivity contribution in [1.82, 2.24) is 4.90 Å². The number of nitrogens with one attached hydrogen (secondary N) is 1. The Morgan fingerprint density at radius 2 is 2.05 bits per heavy atom. The summed E-state index contributed by atoms with van der Waals surface area (Å²) in [6, 6.07) is 11.9. The maximum Gasteiger partial charge on any atom is 0.174 e. The van der Waals surface area contributed by atoms with Crippen molar-refractivity contribution < 1.29 is 0 Å². The van der Waals surface area contributed by atoms with Gasteiger partial charge < -0.3 is 10.2 Å². The second-order valence-corrected chi connectivity index (χ2v) is 9.00. The summed E-state index contributed by atoms with van der Waals surface area (Å²) < 4.78 is 1.15. The standard InChI is InChI=1S/C14H12BrClN2S3/c15-12-6-5-11(21-12)13-18(7-8-20-13)14(19)17-10-3-1-9(16)2-4-10/h1-6,13H,7-8H2,(H,17,19). The van der Waals surface area contributed by atoms with E-state index >= 15 is 0 Å². The number of anilines is 1. The van der Waals surface area contributed by atoms with Gasteiger partial charge in [0.05, 0.1) is 3.79 Å². The van der Waals surface area contributed by atoms with Crippen molar-refractivity contribution in [3.05, 3.63) is 50.1 Å². The third kappa shape index (κ3) is 3.74. The molecular weight excluding hydrogens is 408 g/mol. The first kappa shape index (κ1) is 15.6. The zero-order valence-corrected chi connectivity index (χ0v) is 15.7. The molecule has 1 N–H and O–H groups in total. The lowest BCUT2D eigenvalue weighted by Crippen LogP contribution is -2.33. The lowest BCUT2D eigenvalue weighted by molar-refractivity contribution is 0.462. The fraction of sp³-hybridized carbons (Fsp3) is 0.214. The number of thioether (sulfide) groups is 1. The predicted molar refractivity (Wildman–Crippen MR) is 102 cm³/mol. The van der Waals surface area contributed by atoms with Crippen LogP contribution in [0, 0.1) is 0 Å². The molecule has 1 aromatic carbocycles. The molecule has 1 aliphatic heterocycles. The Bertz CT molecular complexity index is 644. The Morgan fingerprint density at radius 3 is 2.71 bits per heavy atom. The van der Waals surface area contributed by atoms with Gasteiger partial charge in [0.15, 0.2) is 5.11 Å². The molecule has 110 valence electrons. The highest BCUT2D eigenvalue weighted by molar-refractivity contribution is 9.11. The number of rotatable bonds is 2. The fourth-order valence-corrected chi connectivity index (χ4v) is 5.54. The quantitative estimate of drug-likeness (QED) is 0.636. The molecular formula is C14H12BrClN2S3. The molecule has 2 aromatic rings. The fourth-order valence-electron chi connectivity index (χ4n) is 2.10. The number of benzene rings is 1. The SMILES string of the molecule is S=C(Nc1ccc(Cl)cc1)N1CCSC1c1ccc(Br)s1. The molecule has 1 atom stereocenters.